The van der Waals surface area contributed by atoms with Crippen molar-refractivity contribution < 1.29 is 14.3 Å². The summed E-state index contributed by atoms with van der Waals surface area (Å²) in [6.07, 6.45) is 1.68. The molecular weight excluding hydrogens is 376 g/mol. The second-order valence-corrected chi connectivity index (χ2v) is 8.12. The van der Waals surface area contributed by atoms with Crippen LogP contribution in [0.3, 0.4) is 0 Å². The first-order valence-electron chi connectivity index (χ1n) is 10.7. The van der Waals surface area contributed by atoms with Gasteiger partial charge in [0.15, 0.2) is 0 Å². The number of nitrogens with zero attached hydrogens (tertiary/aromatic N) is 2. The number of imide groups is 1. The summed E-state index contributed by atoms with van der Waals surface area (Å²) in [5, 5.41) is 0. The van der Waals surface area contributed by atoms with Crippen molar-refractivity contribution in [1.82, 2.24) is 9.80 Å². The molecule has 0 saturated heterocycles. The van der Waals surface area contributed by atoms with E-state index in [0.29, 0.717) is 24.4 Å². The number of carbonyl (C=O) groups is 2. The van der Waals surface area contributed by atoms with Crippen LogP contribution in [0.1, 0.15) is 43.9 Å². The Morgan fingerprint density at radius 3 is 2.33 bits per heavy atom. The van der Waals surface area contributed by atoms with Gasteiger partial charge in [0, 0.05) is 19.6 Å². The summed E-state index contributed by atoms with van der Waals surface area (Å²) in [6, 6.07) is 15.8. The van der Waals surface area contributed by atoms with Crippen LogP contribution < -0.4 is 4.74 Å². The predicted octanol–water partition coefficient (Wildman–Crippen LogP) is 4.02. The molecule has 0 spiro atoms. The maximum atomic E-state index is 13.3. The van der Waals surface area contributed by atoms with Gasteiger partial charge < -0.3 is 9.64 Å². The van der Waals surface area contributed by atoms with E-state index in [0.717, 1.165) is 30.7 Å². The lowest BCUT2D eigenvalue weighted by Gasteiger charge is -2.31. The number of rotatable bonds is 6. The fourth-order valence-electron chi connectivity index (χ4n) is 4.20. The Labute approximate surface area is 177 Å². The van der Waals surface area contributed by atoms with Gasteiger partial charge in [-0.3, -0.25) is 14.5 Å². The molecule has 0 unspecified atom stereocenters. The molecule has 2 aromatic rings. The smallest absolute Gasteiger partial charge is 0.277 e. The van der Waals surface area contributed by atoms with Gasteiger partial charge in [-0.25, -0.2) is 0 Å². The Balaban J connectivity index is 1.73. The van der Waals surface area contributed by atoms with Gasteiger partial charge in [0.25, 0.3) is 11.8 Å². The summed E-state index contributed by atoms with van der Waals surface area (Å²) >= 11 is 0. The molecule has 0 atom stereocenters. The van der Waals surface area contributed by atoms with Gasteiger partial charge in [0.05, 0.1) is 11.7 Å². The lowest BCUT2D eigenvalue weighted by atomic mass is 9.98. The number of fused-ring (bicyclic) bond motifs is 1. The first kappa shape index (κ1) is 20.2. The van der Waals surface area contributed by atoms with Gasteiger partial charge in [0.1, 0.15) is 11.4 Å². The summed E-state index contributed by atoms with van der Waals surface area (Å²) in [4.78, 5) is 30.0. The highest BCUT2D eigenvalue weighted by Gasteiger charge is 2.41. The maximum absolute atomic E-state index is 13.3. The first-order chi connectivity index (χ1) is 14.5. The molecule has 0 saturated carbocycles. The normalized spacial score (nSPS) is 16.5. The molecule has 2 aromatic carbocycles. The topological polar surface area (TPSA) is 49.9 Å². The third-order valence-electron chi connectivity index (χ3n) is 5.55. The summed E-state index contributed by atoms with van der Waals surface area (Å²) < 4.78 is 5.73. The molecule has 0 bridgehead atoms. The fraction of sp³-hybridized carbons (Fsp3) is 0.360. The molecule has 2 heterocycles. The molecule has 156 valence electrons. The van der Waals surface area contributed by atoms with E-state index in [-0.39, 0.29) is 17.9 Å². The van der Waals surface area contributed by atoms with Crippen molar-refractivity contribution in [2.45, 2.75) is 46.3 Å². The average molecular weight is 405 g/mol. The standard InChI is InChI=1S/C25H28N2O3/c1-4-14-27-24(28)22(19-9-11-21(12-10-19)30-17(2)3)23(25(27)29)26-15-13-18-7-5-6-8-20(18)16-26/h5-12,17H,4,13-16H2,1-3H3. The molecule has 5 nitrogen and oxygen atoms in total. The SMILES string of the molecule is CCCN1C(=O)C(c2ccc(OC(C)C)cc2)=C(N2CCc3ccccc3C2)C1=O. The lowest BCUT2D eigenvalue weighted by molar-refractivity contribution is -0.137. The van der Waals surface area contributed by atoms with Crippen LogP contribution >= 0.6 is 0 Å². The molecule has 5 heteroatoms. The second-order valence-electron chi connectivity index (χ2n) is 8.12. The molecule has 0 aliphatic carbocycles. The minimum absolute atomic E-state index is 0.0776. The Morgan fingerprint density at radius 1 is 0.967 bits per heavy atom. The minimum atomic E-state index is -0.201. The lowest BCUT2D eigenvalue weighted by Crippen LogP contribution is -2.37. The van der Waals surface area contributed by atoms with E-state index >= 15 is 0 Å². The zero-order valence-corrected chi connectivity index (χ0v) is 17.9. The largest absolute Gasteiger partial charge is 0.491 e. The third kappa shape index (κ3) is 3.72. The Hall–Kier alpha value is -3.08. The number of ether oxygens (including phenoxy) is 1. The highest BCUT2D eigenvalue weighted by atomic mass is 16.5. The number of carbonyl (C=O) groups excluding carboxylic acids is 2. The molecule has 0 fully saturated rings. The van der Waals surface area contributed by atoms with Gasteiger partial charge in [0.2, 0.25) is 0 Å². The van der Waals surface area contributed by atoms with E-state index in [1.54, 1.807) is 0 Å². The van der Waals surface area contributed by atoms with Gasteiger partial charge in [-0.15, -0.1) is 0 Å². The fourth-order valence-corrected chi connectivity index (χ4v) is 4.20. The van der Waals surface area contributed by atoms with Crippen LogP contribution in [0.15, 0.2) is 54.2 Å². The van der Waals surface area contributed by atoms with E-state index < -0.39 is 0 Å². The van der Waals surface area contributed by atoms with Crippen molar-refractivity contribution >= 4 is 17.4 Å². The second kappa shape index (κ2) is 8.34. The van der Waals surface area contributed by atoms with Crippen molar-refractivity contribution in [2.75, 3.05) is 13.1 Å². The number of hydrogen-bond donors (Lipinski definition) is 0. The van der Waals surface area contributed by atoms with Crippen LogP contribution in [-0.2, 0) is 22.6 Å². The van der Waals surface area contributed by atoms with E-state index in [1.165, 1.54) is 16.0 Å². The van der Waals surface area contributed by atoms with Crippen molar-refractivity contribution in [3.05, 3.63) is 70.9 Å². The van der Waals surface area contributed by atoms with Crippen LogP contribution in [0.4, 0.5) is 0 Å². The van der Waals surface area contributed by atoms with Crippen LogP contribution in [0, 0.1) is 0 Å². The van der Waals surface area contributed by atoms with Crippen molar-refractivity contribution in [3.63, 3.8) is 0 Å². The predicted molar refractivity (Wildman–Crippen MR) is 117 cm³/mol. The average Bonchev–Trinajstić information content (AvgIpc) is 2.98. The van der Waals surface area contributed by atoms with Gasteiger partial charge in [-0.1, -0.05) is 43.3 Å². The van der Waals surface area contributed by atoms with E-state index in [1.807, 2.05) is 57.2 Å². The van der Waals surface area contributed by atoms with Gasteiger partial charge in [-0.05, 0) is 55.5 Å². The zero-order chi connectivity index (χ0) is 21.3. The van der Waals surface area contributed by atoms with Crippen molar-refractivity contribution in [1.29, 1.82) is 0 Å². The molecule has 4 rings (SSSR count). The van der Waals surface area contributed by atoms with Crippen LogP contribution in [-0.4, -0.2) is 40.8 Å². The number of amides is 2. The molecule has 30 heavy (non-hydrogen) atoms. The highest BCUT2D eigenvalue weighted by Crippen LogP contribution is 2.35. The third-order valence-corrected chi connectivity index (χ3v) is 5.55. The Morgan fingerprint density at radius 2 is 1.67 bits per heavy atom. The number of benzene rings is 2. The molecule has 2 amide bonds. The molecule has 0 N–H and O–H groups in total. The van der Waals surface area contributed by atoms with Gasteiger partial charge in [-0.2, -0.15) is 0 Å². The molecular formula is C25H28N2O3. The molecule has 2 aliphatic rings. The van der Waals surface area contributed by atoms with Crippen molar-refractivity contribution in [3.8, 4) is 5.75 Å². The van der Waals surface area contributed by atoms with Crippen LogP contribution in [0.25, 0.3) is 5.57 Å². The quantitative estimate of drug-likeness (QED) is 0.683. The minimum Gasteiger partial charge on any atom is -0.491 e. The van der Waals surface area contributed by atoms with E-state index in [4.69, 9.17) is 4.74 Å². The monoisotopic (exact) mass is 404 g/mol. The maximum Gasteiger partial charge on any atom is 0.277 e. The molecule has 0 aromatic heterocycles. The highest BCUT2D eigenvalue weighted by molar-refractivity contribution is 6.35. The first-order valence-corrected chi connectivity index (χ1v) is 10.7. The van der Waals surface area contributed by atoms with Crippen LogP contribution in [0.2, 0.25) is 0 Å². The number of hydrogen-bond acceptors (Lipinski definition) is 4. The van der Waals surface area contributed by atoms with Crippen molar-refractivity contribution in [2.24, 2.45) is 0 Å². The summed E-state index contributed by atoms with van der Waals surface area (Å²) in [7, 11) is 0. The summed E-state index contributed by atoms with van der Waals surface area (Å²) in [6.45, 7) is 7.73. The summed E-state index contributed by atoms with van der Waals surface area (Å²) in [5.74, 6) is 0.372. The van der Waals surface area contributed by atoms with Gasteiger partial charge >= 0.3 is 0 Å². The molecule has 0 radical (unpaired) electrons. The molecule has 2 aliphatic heterocycles. The van der Waals surface area contributed by atoms with E-state index in [9.17, 15) is 9.59 Å². The summed E-state index contributed by atoms with van der Waals surface area (Å²) in [5.41, 5.74) is 4.32. The Bertz CT molecular complexity index is 992. The Kier molecular flexibility index (Phi) is 5.62. The zero-order valence-electron chi connectivity index (χ0n) is 17.9. The van der Waals surface area contributed by atoms with Crippen LogP contribution in [0.5, 0.6) is 5.75 Å². The van der Waals surface area contributed by atoms with E-state index in [2.05, 4.69) is 17.0 Å².